The van der Waals surface area contributed by atoms with Gasteiger partial charge in [-0.3, -0.25) is 4.79 Å². The Balaban J connectivity index is 1.52. The molecule has 1 aliphatic rings. The van der Waals surface area contributed by atoms with Crippen molar-refractivity contribution in [3.05, 3.63) is 70.4 Å². The molecular formula is C22H23N3OS. The van der Waals surface area contributed by atoms with Crippen molar-refractivity contribution in [1.29, 1.82) is 0 Å². The summed E-state index contributed by atoms with van der Waals surface area (Å²) < 4.78 is 0. The minimum atomic E-state index is 0.123. The molecule has 3 N–H and O–H groups in total. The van der Waals surface area contributed by atoms with Crippen LogP contribution in [0.1, 0.15) is 15.2 Å². The summed E-state index contributed by atoms with van der Waals surface area (Å²) in [6, 6.07) is 18.1. The molecule has 0 bridgehead atoms. The summed E-state index contributed by atoms with van der Waals surface area (Å²) >= 11 is 1.52. The first kappa shape index (κ1) is 17.8. The number of carbonyl (C=O) groups excluding carboxylic acids is 1. The molecule has 0 amide bonds. The summed E-state index contributed by atoms with van der Waals surface area (Å²) in [5.41, 5.74) is 11.1. The van der Waals surface area contributed by atoms with Crippen molar-refractivity contribution in [3.63, 3.8) is 0 Å². The maximum atomic E-state index is 12.8. The van der Waals surface area contributed by atoms with Crippen LogP contribution in [0.3, 0.4) is 0 Å². The molecule has 0 unspecified atom stereocenters. The molecule has 138 valence electrons. The number of nitrogens with zero attached hydrogens (tertiary/aromatic N) is 1. The van der Waals surface area contributed by atoms with Crippen LogP contribution in [-0.4, -0.2) is 32.0 Å². The van der Waals surface area contributed by atoms with E-state index in [1.165, 1.54) is 11.3 Å². The number of thiophene rings is 1. The van der Waals surface area contributed by atoms with Crippen LogP contribution < -0.4 is 16.0 Å². The SMILES string of the molecule is Nc1ccc(-c2ccccc2)cc1CC(=O)c1cc(N2CCNCC2)cs1. The van der Waals surface area contributed by atoms with Crippen molar-refractivity contribution in [2.75, 3.05) is 36.8 Å². The lowest BCUT2D eigenvalue weighted by molar-refractivity contribution is 0.0997. The Kier molecular flexibility index (Phi) is 5.23. The van der Waals surface area contributed by atoms with Gasteiger partial charge in [-0.2, -0.15) is 0 Å². The van der Waals surface area contributed by atoms with Crippen LogP contribution in [0.25, 0.3) is 11.1 Å². The number of carbonyl (C=O) groups is 1. The zero-order valence-corrected chi connectivity index (χ0v) is 16.0. The summed E-state index contributed by atoms with van der Waals surface area (Å²) in [6.07, 6.45) is 0.327. The first-order valence-corrected chi connectivity index (χ1v) is 10.1. The average molecular weight is 378 g/mol. The molecule has 5 heteroatoms. The Morgan fingerprint density at radius 2 is 1.81 bits per heavy atom. The minimum Gasteiger partial charge on any atom is -0.398 e. The molecule has 2 aromatic carbocycles. The Morgan fingerprint density at radius 1 is 1.04 bits per heavy atom. The number of nitrogens with two attached hydrogens (primary N) is 1. The standard InChI is InChI=1S/C22H23N3OS/c23-20-7-6-17(16-4-2-1-3-5-16)12-18(20)13-21(26)22-14-19(15-27-22)25-10-8-24-9-11-25/h1-7,12,14-15,24H,8-11,13,23H2. The van der Waals surface area contributed by atoms with Gasteiger partial charge in [-0.25, -0.2) is 0 Å². The van der Waals surface area contributed by atoms with E-state index in [0.717, 1.165) is 53.4 Å². The number of hydrogen-bond acceptors (Lipinski definition) is 5. The van der Waals surface area contributed by atoms with Crippen LogP contribution >= 0.6 is 11.3 Å². The second-order valence-corrected chi connectivity index (χ2v) is 7.70. The van der Waals surface area contributed by atoms with Crippen molar-refractivity contribution < 1.29 is 4.79 Å². The van der Waals surface area contributed by atoms with E-state index in [-0.39, 0.29) is 5.78 Å². The topological polar surface area (TPSA) is 58.4 Å². The van der Waals surface area contributed by atoms with Crippen LogP contribution in [0, 0.1) is 0 Å². The second kappa shape index (κ2) is 7.94. The van der Waals surface area contributed by atoms with Crippen LogP contribution in [-0.2, 0) is 6.42 Å². The highest BCUT2D eigenvalue weighted by Crippen LogP contribution is 2.28. The molecule has 1 saturated heterocycles. The first-order valence-electron chi connectivity index (χ1n) is 9.22. The van der Waals surface area contributed by atoms with Crippen LogP contribution in [0.5, 0.6) is 0 Å². The molecule has 27 heavy (non-hydrogen) atoms. The van der Waals surface area contributed by atoms with Gasteiger partial charge < -0.3 is 16.0 Å². The van der Waals surface area contributed by atoms with Gasteiger partial charge >= 0.3 is 0 Å². The van der Waals surface area contributed by atoms with Gasteiger partial charge in [0.25, 0.3) is 0 Å². The number of rotatable bonds is 5. The first-order chi connectivity index (χ1) is 13.2. The molecule has 2 heterocycles. The highest BCUT2D eigenvalue weighted by molar-refractivity contribution is 7.12. The highest BCUT2D eigenvalue weighted by atomic mass is 32.1. The number of benzene rings is 2. The Hall–Kier alpha value is -2.63. The van der Waals surface area contributed by atoms with E-state index >= 15 is 0 Å². The van der Waals surface area contributed by atoms with E-state index in [1.54, 1.807) is 0 Å². The Morgan fingerprint density at radius 3 is 2.59 bits per heavy atom. The molecule has 0 spiro atoms. The fraction of sp³-hybridized carbons (Fsp3) is 0.227. The van der Waals surface area contributed by atoms with Gasteiger partial charge in [-0.1, -0.05) is 36.4 Å². The third-order valence-electron chi connectivity index (χ3n) is 4.94. The fourth-order valence-corrected chi connectivity index (χ4v) is 4.25. The van der Waals surface area contributed by atoms with E-state index in [9.17, 15) is 4.79 Å². The molecule has 3 aromatic rings. The molecule has 1 aromatic heterocycles. The number of anilines is 2. The van der Waals surface area contributed by atoms with Crippen molar-refractivity contribution in [2.45, 2.75) is 6.42 Å². The Labute approximate surface area is 163 Å². The van der Waals surface area contributed by atoms with E-state index in [0.29, 0.717) is 12.1 Å². The highest BCUT2D eigenvalue weighted by Gasteiger charge is 2.16. The molecule has 0 aliphatic carbocycles. The number of hydrogen-bond donors (Lipinski definition) is 2. The predicted molar refractivity (Wildman–Crippen MR) is 114 cm³/mol. The third-order valence-corrected chi connectivity index (χ3v) is 5.90. The summed E-state index contributed by atoms with van der Waals surface area (Å²) in [7, 11) is 0. The van der Waals surface area contributed by atoms with Gasteiger partial charge in [0, 0.05) is 49.4 Å². The number of nitrogen functional groups attached to an aromatic ring is 1. The summed E-state index contributed by atoms with van der Waals surface area (Å²) in [6.45, 7) is 3.94. The number of nitrogens with one attached hydrogen (secondary N) is 1. The van der Waals surface area contributed by atoms with Gasteiger partial charge in [0.1, 0.15) is 0 Å². The second-order valence-electron chi connectivity index (χ2n) is 6.79. The summed E-state index contributed by atoms with van der Waals surface area (Å²) in [4.78, 5) is 16.0. The van der Waals surface area contributed by atoms with Gasteiger partial charge in [0.2, 0.25) is 0 Å². The summed E-state index contributed by atoms with van der Waals surface area (Å²) in [5.74, 6) is 0.123. The largest absolute Gasteiger partial charge is 0.398 e. The average Bonchev–Trinajstić information content (AvgIpc) is 3.21. The van der Waals surface area contributed by atoms with Crippen molar-refractivity contribution >= 4 is 28.5 Å². The van der Waals surface area contributed by atoms with Crippen molar-refractivity contribution in [2.24, 2.45) is 0 Å². The van der Waals surface area contributed by atoms with Crippen molar-refractivity contribution in [1.82, 2.24) is 5.32 Å². The number of ketones is 1. The van der Waals surface area contributed by atoms with E-state index < -0.39 is 0 Å². The molecule has 1 fully saturated rings. The van der Waals surface area contributed by atoms with Gasteiger partial charge in [-0.05, 0) is 34.9 Å². The van der Waals surface area contributed by atoms with Gasteiger partial charge in [-0.15, -0.1) is 11.3 Å². The van der Waals surface area contributed by atoms with Crippen LogP contribution in [0.4, 0.5) is 11.4 Å². The van der Waals surface area contributed by atoms with E-state index in [2.05, 4.69) is 27.7 Å². The molecule has 4 nitrogen and oxygen atoms in total. The smallest absolute Gasteiger partial charge is 0.177 e. The maximum Gasteiger partial charge on any atom is 0.177 e. The zero-order valence-electron chi connectivity index (χ0n) is 15.2. The number of piperazine rings is 1. The molecule has 4 rings (SSSR count). The lowest BCUT2D eigenvalue weighted by Gasteiger charge is -2.28. The Bertz CT molecular complexity index is 930. The molecule has 0 saturated carbocycles. The molecule has 0 radical (unpaired) electrons. The zero-order chi connectivity index (χ0) is 18.6. The van der Waals surface area contributed by atoms with E-state index in [1.807, 2.05) is 42.5 Å². The fourth-order valence-electron chi connectivity index (χ4n) is 3.39. The predicted octanol–water partition coefficient (Wildman–Crippen LogP) is 3.83. The third kappa shape index (κ3) is 4.04. The van der Waals surface area contributed by atoms with Gasteiger partial charge in [0.15, 0.2) is 5.78 Å². The molecule has 0 atom stereocenters. The lowest BCUT2D eigenvalue weighted by Crippen LogP contribution is -2.43. The molecular weight excluding hydrogens is 354 g/mol. The quantitative estimate of drug-likeness (QED) is 0.524. The normalized spacial score (nSPS) is 14.3. The maximum absolute atomic E-state index is 12.8. The molecule has 1 aliphatic heterocycles. The minimum absolute atomic E-state index is 0.123. The van der Waals surface area contributed by atoms with Gasteiger partial charge in [0.05, 0.1) is 4.88 Å². The van der Waals surface area contributed by atoms with Crippen LogP contribution in [0.2, 0.25) is 0 Å². The lowest BCUT2D eigenvalue weighted by atomic mass is 9.99. The summed E-state index contributed by atoms with van der Waals surface area (Å²) in [5, 5.41) is 5.44. The van der Waals surface area contributed by atoms with Crippen LogP contribution in [0.15, 0.2) is 60.0 Å². The van der Waals surface area contributed by atoms with E-state index in [4.69, 9.17) is 5.73 Å². The monoisotopic (exact) mass is 377 g/mol. The number of Topliss-reactive ketones (excluding diaryl/α,β-unsaturated/α-hetero) is 1. The van der Waals surface area contributed by atoms with Crippen molar-refractivity contribution in [3.8, 4) is 11.1 Å².